The van der Waals surface area contributed by atoms with Crippen molar-refractivity contribution >= 4 is 26.8 Å². The van der Waals surface area contributed by atoms with Gasteiger partial charge in [-0.1, -0.05) is 30.3 Å². The van der Waals surface area contributed by atoms with Crippen LogP contribution in [-0.4, -0.2) is 42.8 Å². The minimum Gasteiger partial charge on any atom is -0.356 e. The van der Waals surface area contributed by atoms with Crippen LogP contribution < -0.4 is 5.32 Å². The first-order valence-corrected chi connectivity index (χ1v) is 12.6. The minimum atomic E-state index is -4.77. The molecule has 1 aromatic heterocycles. The van der Waals surface area contributed by atoms with Crippen molar-refractivity contribution in [3.8, 4) is 0 Å². The number of amides is 1. The lowest BCUT2D eigenvalue weighted by molar-refractivity contribution is -0.139. The maximum Gasteiger partial charge on any atom is 0.417 e. The van der Waals surface area contributed by atoms with E-state index in [0.717, 1.165) is 46.4 Å². The number of hydrogen-bond acceptors (Lipinski definition) is 3. The van der Waals surface area contributed by atoms with Crippen LogP contribution in [0.1, 0.15) is 24.8 Å². The number of nitrogens with zero attached hydrogens (tertiary/aromatic N) is 2. The van der Waals surface area contributed by atoms with E-state index in [1.807, 2.05) is 36.5 Å². The lowest BCUT2D eigenvalue weighted by Gasteiger charge is -2.31. The molecule has 4 rings (SSSR count). The van der Waals surface area contributed by atoms with Crippen LogP contribution in [0.5, 0.6) is 0 Å². The van der Waals surface area contributed by atoms with E-state index in [9.17, 15) is 26.4 Å². The van der Waals surface area contributed by atoms with Gasteiger partial charge in [-0.2, -0.15) is 17.5 Å². The van der Waals surface area contributed by atoms with Gasteiger partial charge in [-0.3, -0.25) is 4.79 Å². The Morgan fingerprint density at radius 2 is 1.68 bits per heavy atom. The number of aryl methyl sites for hydroxylation is 1. The highest BCUT2D eigenvalue weighted by molar-refractivity contribution is 7.89. The van der Waals surface area contributed by atoms with Gasteiger partial charge in [0.2, 0.25) is 15.9 Å². The predicted molar refractivity (Wildman–Crippen MR) is 122 cm³/mol. The van der Waals surface area contributed by atoms with E-state index >= 15 is 0 Å². The lowest BCUT2D eigenvalue weighted by atomic mass is 9.97. The van der Waals surface area contributed by atoms with Crippen molar-refractivity contribution in [2.75, 3.05) is 19.6 Å². The first-order valence-electron chi connectivity index (χ1n) is 11.2. The number of alkyl halides is 3. The monoisotopic (exact) mass is 493 g/mol. The Hall–Kier alpha value is -2.85. The fourth-order valence-electron chi connectivity index (χ4n) is 4.36. The number of para-hydroxylation sites is 1. The summed E-state index contributed by atoms with van der Waals surface area (Å²) in [4.78, 5) is 11.8. The molecule has 182 valence electrons. The van der Waals surface area contributed by atoms with Gasteiger partial charge in [0.05, 0.1) is 10.5 Å². The molecule has 10 heteroatoms. The average molecular weight is 494 g/mol. The fourth-order valence-corrected chi connectivity index (χ4v) is 6.05. The van der Waals surface area contributed by atoms with Crippen molar-refractivity contribution in [1.82, 2.24) is 14.2 Å². The third kappa shape index (κ3) is 5.12. The number of halogens is 3. The summed E-state index contributed by atoms with van der Waals surface area (Å²) in [6.45, 7) is 1.25. The smallest absolute Gasteiger partial charge is 0.356 e. The molecule has 34 heavy (non-hydrogen) atoms. The largest absolute Gasteiger partial charge is 0.417 e. The van der Waals surface area contributed by atoms with Crippen molar-refractivity contribution in [2.45, 2.75) is 36.9 Å². The number of piperidine rings is 1. The quantitative estimate of drug-likeness (QED) is 0.500. The molecule has 0 atom stereocenters. The summed E-state index contributed by atoms with van der Waals surface area (Å²) in [5, 5.41) is 4.07. The number of benzene rings is 2. The number of fused-ring (bicyclic) bond motifs is 1. The van der Waals surface area contributed by atoms with Crippen LogP contribution in [0.3, 0.4) is 0 Å². The van der Waals surface area contributed by atoms with Crippen LogP contribution in [-0.2, 0) is 27.5 Å². The van der Waals surface area contributed by atoms with Gasteiger partial charge in [-0.15, -0.1) is 0 Å². The van der Waals surface area contributed by atoms with Crippen LogP contribution in [0.2, 0.25) is 0 Å². The molecule has 1 amide bonds. The first-order chi connectivity index (χ1) is 16.2. The zero-order valence-electron chi connectivity index (χ0n) is 18.5. The summed E-state index contributed by atoms with van der Waals surface area (Å²) in [6, 6.07) is 14.3. The average Bonchev–Trinajstić information content (AvgIpc) is 3.24. The van der Waals surface area contributed by atoms with Crippen LogP contribution in [0.15, 0.2) is 65.7 Å². The Balaban J connectivity index is 1.28. The standard InChI is InChI=1S/C24H26F3N3O3S/c25-24(26,27)20-7-2-4-9-22(20)34(32,33)30-16-11-19(12-17-30)23(31)28-13-5-14-29-15-10-18-6-1-3-8-21(18)29/h1-4,6-10,15,19H,5,11-14,16-17H2,(H,28,31). The highest BCUT2D eigenvalue weighted by Crippen LogP contribution is 2.36. The third-order valence-electron chi connectivity index (χ3n) is 6.19. The first kappa shape index (κ1) is 24.3. The van der Waals surface area contributed by atoms with E-state index in [1.54, 1.807) is 0 Å². The van der Waals surface area contributed by atoms with Crippen molar-refractivity contribution in [1.29, 1.82) is 0 Å². The molecule has 1 aliphatic heterocycles. The highest BCUT2D eigenvalue weighted by Gasteiger charge is 2.40. The number of rotatable bonds is 7. The molecule has 1 fully saturated rings. The molecule has 2 aromatic carbocycles. The van der Waals surface area contributed by atoms with Crippen LogP contribution >= 0.6 is 0 Å². The minimum absolute atomic E-state index is 0.00195. The summed E-state index contributed by atoms with van der Waals surface area (Å²) >= 11 is 0. The fraction of sp³-hybridized carbons (Fsp3) is 0.375. The molecule has 1 N–H and O–H groups in total. The van der Waals surface area contributed by atoms with Gasteiger partial charge in [0, 0.05) is 43.8 Å². The van der Waals surface area contributed by atoms with Gasteiger partial charge in [-0.25, -0.2) is 8.42 Å². The van der Waals surface area contributed by atoms with E-state index in [2.05, 4.69) is 9.88 Å². The number of carbonyl (C=O) groups excluding carboxylic acids is 1. The molecule has 0 unspecified atom stereocenters. The van der Waals surface area contributed by atoms with Gasteiger partial charge in [0.25, 0.3) is 0 Å². The molecular formula is C24H26F3N3O3S. The van der Waals surface area contributed by atoms with Crippen LogP contribution in [0.4, 0.5) is 13.2 Å². The Morgan fingerprint density at radius 1 is 1.00 bits per heavy atom. The van der Waals surface area contributed by atoms with Crippen molar-refractivity contribution in [3.05, 3.63) is 66.4 Å². The topological polar surface area (TPSA) is 71.4 Å². The number of nitrogens with one attached hydrogen (secondary N) is 1. The van der Waals surface area contributed by atoms with Gasteiger partial charge < -0.3 is 9.88 Å². The Bertz CT molecular complexity index is 1260. The summed E-state index contributed by atoms with van der Waals surface area (Å²) < 4.78 is 68.8. The number of carbonyl (C=O) groups is 1. The van der Waals surface area contributed by atoms with Gasteiger partial charge in [0.15, 0.2) is 0 Å². The van der Waals surface area contributed by atoms with Gasteiger partial charge >= 0.3 is 6.18 Å². The zero-order valence-corrected chi connectivity index (χ0v) is 19.3. The number of hydrogen-bond donors (Lipinski definition) is 1. The highest BCUT2D eigenvalue weighted by atomic mass is 32.2. The summed E-state index contributed by atoms with van der Waals surface area (Å²) in [7, 11) is -4.31. The van der Waals surface area contributed by atoms with Gasteiger partial charge in [-0.05, 0) is 48.9 Å². The lowest BCUT2D eigenvalue weighted by Crippen LogP contribution is -2.43. The van der Waals surface area contributed by atoms with E-state index in [-0.39, 0.29) is 37.8 Å². The molecule has 0 aliphatic carbocycles. The molecule has 1 aliphatic rings. The van der Waals surface area contributed by atoms with Crippen molar-refractivity contribution in [3.63, 3.8) is 0 Å². The van der Waals surface area contributed by atoms with E-state index in [1.165, 1.54) is 6.07 Å². The molecule has 0 spiro atoms. The van der Waals surface area contributed by atoms with Gasteiger partial charge in [0.1, 0.15) is 0 Å². The molecule has 3 aromatic rings. The second-order valence-corrected chi connectivity index (χ2v) is 10.3. The summed E-state index contributed by atoms with van der Waals surface area (Å²) in [6.07, 6.45) is -1.48. The molecule has 2 heterocycles. The number of aromatic nitrogens is 1. The van der Waals surface area contributed by atoms with E-state index in [4.69, 9.17) is 0 Å². The molecule has 0 bridgehead atoms. The molecule has 0 radical (unpaired) electrons. The van der Waals surface area contributed by atoms with Crippen LogP contribution in [0, 0.1) is 5.92 Å². The van der Waals surface area contributed by atoms with Crippen molar-refractivity contribution < 1.29 is 26.4 Å². The molecule has 0 saturated carbocycles. The van der Waals surface area contributed by atoms with Crippen molar-refractivity contribution in [2.24, 2.45) is 5.92 Å². The predicted octanol–water partition coefficient (Wildman–Crippen LogP) is 4.27. The molecular weight excluding hydrogens is 467 g/mol. The normalized spacial score (nSPS) is 16.1. The third-order valence-corrected chi connectivity index (χ3v) is 8.15. The second kappa shape index (κ2) is 9.79. The summed E-state index contributed by atoms with van der Waals surface area (Å²) in [5.41, 5.74) is -0.0418. The summed E-state index contributed by atoms with van der Waals surface area (Å²) in [5.74, 6) is -0.512. The SMILES string of the molecule is O=C(NCCCn1ccc2ccccc21)C1CCN(S(=O)(=O)c2ccccc2C(F)(F)F)CC1. The second-order valence-electron chi connectivity index (χ2n) is 8.38. The van der Waals surface area contributed by atoms with E-state index in [0.29, 0.717) is 6.54 Å². The Labute approximate surface area is 196 Å². The maximum atomic E-state index is 13.3. The maximum absolute atomic E-state index is 13.3. The molecule has 1 saturated heterocycles. The number of sulfonamides is 1. The zero-order chi connectivity index (χ0) is 24.3. The van der Waals surface area contributed by atoms with Crippen LogP contribution in [0.25, 0.3) is 10.9 Å². The Morgan fingerprint density at radius 3 is 2.41 bits per heavy atom. The van der Waals surface area contributed by atoms with E-state index < -0.39 is 26.7 Å². The Kier molecular flexibility index (Phi) is 6.99. The molecule has 6 nitrogen and oxygen atoms in total.